The van der Waals surface area contributed by atoms with Crippen LogP contribution in [0.5, 0.6) is 0 Å². The van der Waals surface area contributed by atoms with Gasteiger partial charge in [-0.05, 0) is 24.8 Å². The number of amides is 1. The van der Waals surface area contributed by atoms with Crippen molar-refractivity contribution in [1.82, 2.24) is 5.32 Å². The minimum absolute atomic E-state index is 0.0600. The summed E-state index contributed by atoms with van der Waals surface area (Å²) in [6.07, 6.45) is 7.04. The lowest BCUT2D eigenvalue weighted by Crippen LogP contribution is -2.34. The zero-order chi connectivity index (χ0) is 15.8. The summed E-state index contributed by atoms with van der Waals surface area (Å²) in [6.45, 7) is 0. The van der Waals surface area contributed by atoms with Gasteiger partial charge in [-0.3, -0.25) is 9.59 Å². The first kappa shape index (κ1) is 16.5. The van der Waals surface area contributed by atoms with Crippen LogP contribution >= 0.6 is 0 Å². The molecule has 1 fully saturated rings. The molecule has 0 radical (unpaired) electrons. The number of carbonyl (C=O) groups excluding carboxylic acids is 1. The van der Waals surface area contributed by atoms with E-state index in [1.54, 1.807) is 0 Å². The van der Waals surface area contributed by atoms with Gasteiger partial charge in [0.05, 0.1) is 6.04 Å². The van der Waals surface area contributed by atoms with Crippen LogP contribution in [0.15, 0.2) is 30.3 Å². The second kappa shape index (κ2) is 8.57. The molecule has 1 unspecified atom stereocenters. The van der Waals surface area contributed by atoms with Crippen molar-refractivity contribution in [3.8, 4) is 0 Å². The molecular formula is C18H25NO3. The van der Waals surface area contributed by atoms with Gasteiger partial charge in [-0.25, -0.2) is 0 Å². The van der Waals surface area contributed by atoms with Gasteiger partial charge in [0, 0.05) is 12.3 Å². The molecule has 0 heterocycles. The molecule has 1 aromatic carbocycles. The zero-order valence-corrected chi connectivity index (χ0v) is 13.0. The summed E-state index contributed by atoms with van der Waals surface area (Å²) in [7, 11) is 0. The molecular weight excluding hydrogens is 278 g/mol. The molecule has 1 saturated carbocycles. The number of carbonyl (C=O) groups is 2. The summed E-state index contributed by atoms with van der Waals surface area (Å²) in [5, 5.41) is 12.0. The number of rotatable bonds is 6. The molecule has 120 valence electrons. The lowest BCUT2D eigenvalue weighted by atomic mass is 9.96. The normalized spacial score (nSPS) is 17.5. The Labute approximate surface area is 131 Å². The minimum atomic E-state index is -0.829. The largest absolute Gasteiger partial charge is 0.481 e. The Morgan fingerprint density at radius 3 is 2.32 bits per heavy atom. The van der Waals surface area contributed by atoms with Gasteiger partial charge in [-0.1, -0.05) is 56.0 Å². The van der Waals surface area contributed by atoms with Crippen LogP contribution in [0, 0.1) is 5.92 Å². The van der Waals surface area contributed by atoms with Crippen molar-refractivity contribution in [1.29, 1.82) is 0 Å². The smallest absolute Gasteiger partial charge is 0.303 e. The molecule has 4 nitrogen and oxygen atoms in total. The van der Waals surface area contributed by atoms with Crippen molar-refractivity contribution >= 4 is 11.9 Å². The first-order valence-electron chi connectivity index (χ1n) is 8.24. The van der Waals surface area contributed by atoms with E-state index in [0.29, 0.717) is 6.42 Å². The van der Waals surface area contributed by atoms with Gasteiger partial charge in [0.2, 0.25) is 5.91 Å². The molecule has 1 aromatic rings. The number of carboxylic acid groups (broad SMARTS) is 1. The third-order valence-corrected chi connectivity index (χ3v) is 4.39. The minimum Gasteiger partial charge on any atom is -0.481 e. The molecule has 1 amide bonds. The molecule has 0 aromatic heterocycles. The molecule has 0 saturated heterocycles. The Balaban J connectivity index is 2.01. The predicted octanol–water partition coefficient (Wildman–Crippen LogP) is 3.68. The summed E-state index contributed by atoms with van der Waals surface area (Å²) >= 11 is 0. The highest BCUT2D eigenvalue weighted by molar-refractivity contribution is 5.79. The quantitative estimate of drug-likeness (QED) is 0.788. The maximum Gasteiger partial charge on any atom is 0.303 e. The van der Waals surface area contributed by atoms with Crippen LogP contribution < -0.4 is 5.32 Å². The molecule has 4 heteroatoms. The summed E-state index contributed by atoms with van der Waals surface area (Å²) < 4.78 is 0. The SMILES string of the molecule is O=C(O)CCC(NC(=O)C1CCCCCC1)c1ccccc1. The number of nitrogens with one attached hydrogen (secondary N) is 1. The van der Waals surface area contributed by atoms with Crippen LogP contribution in [-0.2, 0) is 9.59 Å². The summed E-state index contributed by atoms with van der Waals surface area (Å²) in [5.41, 5.74) is 0.978. The molecule has 1 atom stereocenters. The van der Waals surface area contributed by atoms with Crippen molar-refractivity contribution in [2.24, 2.45) is 5.92 Å². The van der Waals surface area contributed by atoms with E-state index in [4.69, 9.17) is 5.11 Å². The number of carboxylic acids is 1. The lowest BCUT2D eigenvalue weighted by Gasteiger charge is -2.22. The first-order valence-corrected chi connectivity index (χ1v) is 8.24. The topological polar surface area (TPSA) is 66.4 Å². The molecule has 1 aliphatic carbocycles. The van der Waals surface area contributed by atoms with Crippen LogP contribution in [-0.4, -0.2) is 17.0 Å². The van der Waals surface area contributed by atoms with Crippen LogP contribution in [0.2, 0.25) is 0 Å². The van der Waals surface area contributed by atoms with E-state index in [-0.39, 0.29) is 24.3 Å². The molecule has 22 heavy (non-hydrogen) atoms. The average molecular weight is 303 g/mol. The number of aliphatic carboxylic acids is 1. The highest BCUT2D eigenvalue weighted by Crippen LogP contribution is 2.25. The fraction of sp³-hybridized carbons (Fsp3) is 0.556. The molecule has 0 spiro atoms. The van der Waals surface area contributed by atoms with Gasteiger partial charge in [-0.15, -0.1) is 0 Å². The Hall–Kier alpha value is -1.84. The van der Waals surface area contributed by atoms with Crippen molar-refractivity contribution in [2.75, 3.05) is 0 Å². The Kier molecular flexibility index (Phi) is 6.44. The maximum atomic E-state index is 12.5. The molecule has 2 N–H and O–H groups in total. The summed E-state index contributed by atoms with van der Waals surface area (Å²) in [4.78, 5) is 23.4. The lowest BCUT2D eigenvalue weighted by molar-refractivity contribution is -0.137. The third kappa shape index (κ3) is 5.17. The van der Waals surface area contributed by atoms with Crippen molar-refractivity contribution in [3.63, 3.8) is 0 Å². The fourth-order valence-corrected chi connectivity index (χ4v) is 3.11. The van der Waals surface area contributed by atoms with Gasteiger partial charge < -0.3 is 10.4 Å². The Morgan fingerprint density at radius 1 is 1.09 bits per heavy atom. The van der Waals surface area contributed by atoms with Crippen molar-refractivity contribution < 1.29 is 14.7 Å². The summed E-state index contributed by atoms with van der Waals surface area (Å²) in [5.74, 6) is -0.663. The van der Waals surface area contributed by atoms with E-state index in [1.807, 2.05) is 30.3 Å². The number of hydrogen-bond acceptors (Lipinski definition) is 2. The van der Waals surface area contributed by atoms with E-state index in [1.165, 1.54) is 12.8 Å². The number of hydrogen-bond donors (Lipinski definition) is 2. The Morgan fingerprint density at radius 2 is 1.73 bits per heavy atom. The van der Waals surface area contributed by atoms with E-state index in [9.17, 15) is 9.59 Å². The average Bonchev–Trinajstić information content (AvgIpc) is 2.81. The highest BCUT2D eigenvalue weighted by atomic mass is 16.4. The van der Waals surface area contributed by atoms with E-state index >= 15 is 0 Å². The predicted molar refractivity (Wildman–Crippen MR) is 85.4 cm³/mol. The van der Waals surface area contributed by atoms with E-state index in [0.717, 1.165) is 31.2 Å². The molecule has 1 aliphatic rings. The Bertz CT molecular complexity index is 478. The van der Waals surface area contributed by atoms with E-state index in [2.05, 4.69) is 5.32 Å². The summed E-state index contributed by atoms with van der Waals surface area (Å²) in [6, 6.07) is 9.43. The van der Waals surface area contributed by atoms with Gasteiger partial charge in [0.25, 0.3) is 0 Å². The maximum absolute atomic E-state index is 12.5. The molecule has 0 bridgehead atoms. The number of benzene rings is 1. The van der Waals surface area contributed by atoms with E-state index < -0.39 is 5.97 Å². The van der Waals surface area contributed by atoms with Gasteiger partial charge in [0.1, 0.15) is 0 Å². The van der Waals surface area contributed by atoms with Crippen LogP contribution in [0.4, 0.5) is 0 Å². The van der Waals surface area contributed by atoms with Gasteiger partial charge in [0.15, 0.2) is 0 Å². The standard InChI is InChI=1S/C18H25NO3/c20-17(21)13-12-16(14-8-6-3-7-9-14)19-18(22)15-10-4-1-2-5-11-15/h3,6-9,15-16H,1-2,4-5,10-13H2,(H,19,22)(H,20,21). The second-order valence-corrected chi connectivity index (χ2v) is 6.09. The van der Waals surface area contributed by atoms with Crippen LogP contribution in [0.1, 0.15) is 63.0 Å². The van der Waals surface area contributed by atoms with Crippen LogP contribution in [0.25, 0.3) is 0 Å². The highest BCUT2D eigenvalue weighted by Gasteiger charge is 2.23. The van der Waals surface area contributed by atoms with Crippen LogP contribution in [0.3, 0.4) is 0 Å². The van der Waals surface area contributed by atoms with Crippen molar-refractivity contribution in [2.45, 2.75) is 57.4 Å². The molecule has 0 aliphatic heterocycles. The second-order valence-electron chi connectivity index (χ2n) is 6.09. The monoisotopic (exact) mass is 303 g/mol. The molecule has 2 rings (SSSR count). The van der Waals surface area contributed by atoms with Crippen molar-refractivity contribution in [3.05, 3.63) is 35.9 Å². The van der Waals surface area contributed by atoms with Gasteiger partial charge in [-0.2, -0.15) is 0 Å². The first-order chi connectivity index (χ1) is 10.7. The van der Waals surface area contributed by atoms with Gasteiger partial charge >= 0.3 is 5.97 Å². The third-order valence-electron chi connectivity index (χ3n) is 4.39. The zero-order valence-electron chi connectivity index (χ0n) is 13.0. The fourth-order valence-electron chi connectivity index (χ4n) is 3.11.